The van der Waals surface area contributed by atoms with Gasteiger partial charge in [0.15, 0.2) is 5.82 Å². The van der Waals surface area contributed by atoms with Crippen LogP contribution in [0.15, 0.2) is 61.2 Å². The first-order chi connectivity index (χ1) is 12.9. The highest BCUT2D eigenvalue weighted by atomic mass is 35.5. The number of imidazole rings is 1. The van der Waals surface area contributed by atoms with Gasteiger partial charge in [0.2, 0.25) is 0 Å². The molecule has 0 unspecified atom stereocenters. The molecule has 5 rings (SSSR count). The molecule has 0 spiro atoms. The molecule has 1 aliphatic rings. The van der Waals surface area contributed by atoms with E-state index in [1.807, 2.05) is 29.3 Å². The molecule has 1 aromatic carbocycles. The summed E-state index contributed by atoms with van der Waals surface area (Å²) in [6.45, 7) is 3.49. The van der Waals surface area contributed by atoms with Crippen molar-refractivity contribution in [2.45, 2.75) is 19.6 Å². The van der Waals surface area contributed by atoms with Crippen molar-refractivity contribution in [1.29, 1.82) is 0 Å². The minimum absolute atomic E-state index is 0. The highest BCUT2D eigenvalue weighted by Crippen LogP contribution is 2.20. The molecule has 0 bridgehead atoms. The van der Waals surface area contributed by atoms with Crippen LogP contribution in [0.25, 0.3) is 17.2 Å². The number of hydrogen-bond donors (Lipinski definition) is 1. The predicted molar refractivity (Wildman–Crippen MR) is 112 cm³/mol. The molecule has 0 radical (unpaired) electrons. The van der Waals surface area contributed by atoms with Gasteiger partial charge in [0.25, 0.3) is 0 Å². The summed E-state index contributed by atoms with van der Waals surface area (Å²) in [5, 5.41) is 12.4. The van der Waals surface area contributed by atoms with Gasteiger partial charge in [-0.2, -0.15) is 10.2 Å². The van der Waals surface area contributed by atoms with Crippen molar-refractivity contribution in [3.05, 3.63) is 72.4 Å². The zero-order chi connectivity index (χ0) is 17.3. The smallest absolute Gasteiger partial charge is 0.160 e. The Morgan fingerprint density at radius 1 is 1.04 bits per heavy atom. The van der Waals surface area contributed by atoms with Gasteiger partial charge in [0.05, 0.1) is 17.9 Å². The minimum atomic E-state index is 0. The summed E-state index contributed by atoms with van der Waals surface area (Å²) < 4.78 is 6.07. The van der Waals surface area contributed by atoms with E-state index in [-0.39, 0.29) is 24.8 Å². The number of nitrogens with zero attached hydrogens (tertiary/aromatic N) is 6. The van der Waals surface area contributed by atoms with E-state index in [4.69, 9.17) is 5.10 Å². The minimum Gasteiger partial charge on any atom is -0.325 e. The van der Waals surface area contributed by atoms with E-state index in [9.17, 15) is 0 Å². The van der Waals surface area contributed by atoms with Crippen molar-refractivity contribution in [2.75, 3.05) is 6.54 Å². The molecule has 4 aromatic rings. The van der Waals surface area contributed by atoms with Gasteiger partial charge in [-0.1, -0.05) is 12.1 Å². The Hall–Kier alpha value is -2.61. The first-order valence-corrected chi connectivity index (χ1v) is 8.75. The highest BCUT2D eigenvalue weighted by Gasteiger charge is 2.16. The Morgan fingerprint density at radius 3 is 2.64 bits per heavy atom. The lowest BCUT2D eigenvalue weighted by molar-refractivity contribution is 0.476. The van der Waals surface area contributed by atoms with Crippen LogP contribution in [0, 0.1) is 0 Å². The molecule has 0 fully saturated rings. The lowest BCUT2D eigenvalue weighted by Crippen LogP contribution is -2.28. The summed E-state index contributed by atoms with van der Waals surface area (Å²) in [7, 11) is 0. The van der Waals surface area contributed by atoms with Crippen molar-refractivity contribution in [3.63, 3.8) is 0 Å². The van der Waals surface area contributed by atoms with Gasteiger partial charge >= 0.3 is 0 Å². The lowest BCUT2D eigenvalue weighted by Gasteiger charge is -2.13. The second kappa shape index (κ2) is 8.60. The maximum atomic E-state index is 4.73. The Labute approximate surface area is 175 Å². The first kappa shape index (κ1) is 20.1. The molecule has 1 N–H and O–H groups in total. The van der Waals surface area contributed by atoms with Crippen molar-refractivity contribution in [2.24, 2.45) is 0 Å². The molecule has 9 heteroatoms. The van der Waals surface area contributed by atoms with Gasteiger partial charge in [-0.15, -0.1) is 24.8 Å². The van der Waals surface area contributed by atoms with Gasteiger partial charge in [-0.05, 0) is 29.8 Å². The third-order valence-corrected chi connectivity index (χ3v) is 4.67. The Balaban J connectivity index is 0.00000112. The molecule has 0 aliphatic carbocycles. The molecule has 28 heavy (non-hydrogen) atoms. The van der Waals surface area contributed by atoms with Gasteiger partial charge < -0.3 is 9.88 Å². The maximum absolute atomic E-state index is 4.73. The lowest BCUT2D eigenvalue weighted by atomic mass is 10.2. The summed E-state index contributed by atoms with van der Waals surface area (Å²) >= 11 is 0. The molecule has 0 saturated heterocycles. The van der Waals surface area contributed by atoms with Gasteiger partial charge in [-0.3, -0.25) is 4.68 Å². The van der Waals surface area contributed by atoms with Crippen LogP contribution in [0.2, 0.25) is 0 Å². The molecule has 3 aromatic heterocycles. The molecule has 1 aliphatic heterocycles. The van der Waals surface area contributed by atoms with Crippen LogP contribution >= 0.6 is 24.8 Å². The van der Waals surface area contributed by atoms with E-state index in [0.29, 0.717) is 0 Å². The molecule has 146 valence electrons. The number of hydrogen-bond acceptors (Lipinski definition) is 4. The Kier molecular flexibility index (Phi) is 6.18. The summed E-state index contributed by atoms with van der Waals surface area (Å²) in [4.78, 5) is 4.54. The summed E-state index contributed by atoms with van der Waals surface area (Å²) in [6.07, 6.45) is 7.57. The van der Waals surface area contributed by atoms with Gasteiger partial charge in [0, 0.05) is 44.4 Å². The molecule has 0 saturated carbocycles. The fourth-order valence-corrected chi connectivity index (χ4v) is 3.34. The number of fused-ring (bicyclic) bond motifs is 1. The van der Waals surface area contributed by atoms with Gasteiger partial charge in [-0.25, -0.2) is 9.67 Å². The van der Waals surface area contributed by atoms with Crippen molar-refractivity contribution < 1.29 is 0 Å². The second-order valence-electron chi connectivity index (χ2n) is 6.42. The normalized spacial score (nSPS) is 12.7. The fourth-order valence-electron chi connectivity index (χ4n) is 3.34. The van der Waals surface area contributed by atoms with E-state index < -0.39 is 0 Å². The molecule has 4 heterocycles. The van der Waals surface area contributed by atoms with Gasteiger partial charge in [0.1, 0.15) is 5.69 Å². The summed E-state index contributed by atoms with van der Waals surface area (Å²) in [6, 6.07) is 12.5. The SMILES string of the molecule is Cl.Cl.c1cnn(-c2ccc(Cn3ccnc3-c3cc4n(n3)CCNC4)cc2)c1. The summed E-state index contributed by atoms with van der Waals surface area (Å²) in [5.41, 5.74) is 4.41. The molecular weight excluding hydrogens is 397 g/mol. The largest absolute Gasteiger partial charge is 0.325 e. The predicted octanol–water partition coefficient (Wildman–Crippen LogP) is 2.93. The Bertz CT molecular complexity index is 996. The number of aromatic nitrogens is 6. The van der Waals surface area contributed by atoms with Crippen LogP contribution in [0.1, 0.15) is 11.3 Å². The van der Waals surface area contributed by atoms with Crippen LogP contribution in [0.5, 0.6) is 0 Å². The van der Waals surface area contributed by atoms with Crippen LogP contribution in [-0.4, -0.2) is 35.7 Å². The summed E-state index contributed by atoms with van der Waals surface area (Å²) in [5.74, 6) is 0.906. The monoisotopic (exact) mass is 417 g/mol. The molecule has 0 atom stereocenters. The van der Waals surface area contributed by atoms with Crippen molar-refractivity contribution in [1.82, 2.24) is 34.4 Å². The van der Waals surface area contributed by atoms with E-state index in [1.165, 1.54) is 11.3 Å². The quantitative estimate of drug-likeness (QED) is 0.554. The third-order valence-electron chi connectivity index (χ3n) is 4.67. The second-order valence-corrected chi connectivity index (χ2v) is 6.42. The number of nitrogens with one attached hydrogen (secondary N) is 1. The number of rotatable bonds is 4. The van der Waals surface area contributed by atoms with E-state index in [1.54, 1.807) is 6.20 Å². The number of halogens is 2. The van der Waals surface area contributed by atoms with Crippen molar-refractivity contribution in [3.8, 4) is 17.2 Å². The average Bonchev–Trinajstić information content (AvgIpc) is 3.42. The molecule has 7 nitrogen and oxygen atoms in total. The van der Waals surface area contributed by atoms with E-state index in [2.05, 4.69) is 55.0 Å². The Morgan fingerprint density at radius 2 is 1.89 bits per heavy atom. The van der Waals surface area contributed by atoms with Crippen LogP contribution in [0.3, 0.4) is 0 Å². The van der Waals surface area contributed by atoms with Crippen LogP contribution in [0.4, 0.5) is 0 Å². The first-order valence-electron chi connectivity index (χ1n) is 8.75. The highest BCUT2D eigenvalue weighted by molar-refractivity contribution is 5.85. The number of benzene rings is 1. The van der Waals surface area contributed by atoms with E-state index >= 15 is 0 Å². The van der Waals surface area contributed by atoms with Crippen molar-refractivity contribution >= 4 is 24.8 Å². The maximum Gasteiger partial charge on any atom is 0.160 e. The van der Waals surface area contributed by atoms with E-state index in [0.717, 1.165) is 43.4 Å². The molecule has 0 amide bonds. The topological polar surface area (TPSA) is 65.5 Å². The molecular formula is C19H21Cl2N7. The third kappa shape index (κ3) is 3.82. The average molecular weight is 418 g/mol. The zero-order valence-electron chi connectivity index (χ0n) is 15.1. The standard InChI is InChI=1S/C19H19N7.2ClH/c1-6-22-25(9-1)16-4-2-15(3-5-16)14-24-10-8-21-19(24)18-12-17-13-20-7-11-26(17)23-18;;/h1-6,8-10,12,20H,7,11,13-14H2;2*1H. The zero-order valence-corrected chi connectivity index (χ0v) is 16.7. The fraction of sp³-hybridized carbons (Fsp3) is 0.211. The van der Waals surface area contributed by atoms with Crippen LogP contribution in [-0.2, 0) is 19.6 Å². The van der Waals surface area contributed by atoms with Crippen LogP contribution < -0.4 is 5.32 Å².